The number of hydrogen-bond acceptors (Lipinski definition) is 3. The van der Waals surface area contributed by atoms with Crippen molar-refractivity contribution in [2.24, 2.45) is 5.92 Å². The minimum atomic E-state index is 0.736. The standard InChI is InChI=1S/C14H25NOS/c1-11(2)5-7-16-8-6-15-10-14-9-12(3)13(4)17-14/h9,11,15H,5-8,10H2,1-4H3. The van der Waals surface area contributed by atoms with Crippen molar-refractivity contribution in [1.29, 1.82) is 0 Å². The van der Waals surface area contributed by atoms with E-state index < -0.39 is 0 Å². The molecule has 0 fully saturated rings. The third-order valence-corrected chi connectivity index (χ3v) is 3.93. The molecule has 17 heavy (non-hydrogen) atoms. The summed E-state index contributed by atoms with van der Waals surface area (Å²) in [6, 6.07) is 2.27. The summed E-state index contributed by atoms with van der Waals surface area (Å²) in [5.41, 5.74) is 1.40. The highest BCUT2D eigenvalue weighted by atomic mass is 32.1. The van der Waals surface area contributed by atoms with Gasteiger partial charge in [0, 0.05) is 29.5 Å². The van der Waals surface area contributed by atoms with E-state index in [2.05, 4.69) is 39.1 Å². The minimum Gasteiger partial charge on any atom is -0.380 e. The fourth-order valence-corrected chi connectivity index (χ4v) is 2.54. The molecule has 0 atom stereocenters. The molecule has 3 heteroatoms. The summed E-state index contributed by atoms with van der Waals surface area (Å²) < 4.78 is 5.55. The van der Waals surface area contributed by atoms with Gasteiger partial charge in [0.1, 0.15) is 0 Å². The smallest absolute Gasteiger partial charge is 0.0591 e. The topological polar surface area (TPSA) is 21.3 Å². The maximum absolute atomic E-state index is 5.55. The Labute approximate surface area is 109 Å². The lowest BCUT2D eigenvalue weighted by Gasteiger charge is -2.06. The quantitative estimate of drug-likeness (QED) is 0.718. The molecular formula is C14H25NOS. The lowest BCUT2D eigenvalue weighted by atomic mass is 10.1. The highest BCUT2D eigenvalue weighted by Crippen LogP contribution is 2.19. The Balaban J connectivity index is 2.01. The second-order valence-corrected chi connectivity index (χ2v) is 6.26. The van der Waals surface area contributed by atoms with E-state index in [1.165, 1.54) is 15.3 Å². The van der Waals surface area contributed by atoms with E-state index in [9.17, 15) is 0 Å². The van der Waals surface area contributed by atoms with Crippen LogP contribution in [0.2, 0.25) is 0 Å². The van der Waals surface area contributed by atoms with Crippen LogP contribution in [0, 0.1) is 19.8 Å². The number of aryl methyl sites for hydroxylation is 2. The van der Waals surface area contributed by atoms with Gasteiger partial charge in [0.2, 0.25) is 0 Å². The van der Waals surface area contributed by atoms with Crippen molar-refractivity contribution >= 4 is 11.3 Å². The third kappa shape index (κ3) is 6.20. The fourth-order valence-electron chi connectivity index (χ4n) is 1.51. The molecule has 1 N–H and O–H groups in total. The van der Waals surface area contributed by atoms with Crippen molar-refractivity contribution in [3.05, 3.63) is 21.4 Å². The van der Waals surface area contributed by atoms with Crippen LogP contribution in [0.3, 0.4) is 0 Å². The van der Waals surface area contributed by atoms with Crippen LogP contribution < -0.4 is 5.32 Å². The van der Waals surface area contributed by atoms with Crippen LogP contribution in [0.4, 0.5) is 0 Å². The van der Waals surface area contributed by atoms with Crippen LogP contribution in [0.25, 0.3) is 0 Å². The summed E-state index contributed by atoms with van der Waals surface area (Å²) >= 11 is 1.88. The number of thiophene rings is 1. The van der Waals surface area contributed by atoms with Gasteiger partial charge in [-0.3, -0.25) is 0 Å². The molecule has 98 valence electrons. The minimum absolute atomic E-state index is 0.736. The SMILES string of the molecule is Cc1cc(CNCCOCCC(C)C)sc1C. The van der Waals surface area contributed by atoms with Crippen molar-refractivity contribution in [2.75, 3.05) is 19.8 Å². The van der Waals surface area contributed by atoms with Gasteiger partial charge < -0.3 is 10.1 Å². The lowest BCUT2D eigenvalue weighted by molar-refractivity contribution is 0.125. The van der Waals surface area contributed by atoms with Gasteiger partial charge in [0.25, 0.3) is 0 Å². The average Bonchev–Trinajstić information content (AvgIpc) is 2.56. The number of hydrogen-bond donors (Lipinski definition) is 1. The van der Waals surface area contributed by atoms with Gasteiger partial charge in [-0.05, 0) is 37.8 Å². The van der Waals surface area contributed by atoms with Crippen LogP contribution >= 0.6 is 11.3 Å². The van der Waals surface area contributed by atoms with E-state index in [-0.39, 0.29) is 0 Å². The molecule has 1 rings (SSSR count). The monoisotopic (exact) mass is 255 g/mol. The molecule has 0 unspecified atom stereocenters. The van der Waals surface area contributed by atoms with Crippen LogP contribution in [0.15, 0.2) is 6.07 Å². The first-order valence-electron chi connectivity index (χ1n) is 6.44. The molecule has 0 saturated heterocycles. The lowest BCUT2D eigenvalue weighted by Crippen LogP contribution is -2.19. The molecule has 0 spiro atoms. The summed E-state index contributed by atoms with van der Waals surface area (Å²) in [6.45, 7) is 12.4. The molecule has 1 aromatic rings. The second-order valence-electron chi connectivity index (χ2n) is 4.92. The van der Waals surface area contributed by atoms with Crippen LogP contribution in [-0.4, -0.2) is 19.8 Å². The van der Waals surface area contributed by atoms with Crippen LogP contribution in [-0.2, 0) is 11.3 Å². The molecule has 1 aromatic heterocycles. The van der Waals surface area contributed by atoms with E-state index in [1.807, 2.05) is 11.3 Å². The van der Waals surface area contributed by atoms with Gasteiger partial charge in [0.15, 0.2) is 0 Å². The highest BCUT2D eigenvalue weighted by molar-refractivity contribution is 7.12. The summed E-state index contributed by atoms with van der Waals surface area (Å²) in [6.07, 6.45) is 1.16. The maximum Gasteiger partial charge on any atom is 0.0591 e. The molecule has 2 nitrogen and oxygen atoms in total. The molecule has 0 saturated carbocycles. The zero-order chi connectivity index (χ0) is 12.7. The van der Waals surface area contributed by atoms with E-state index in [1.54, 1.807) is 0 Å². The van der Waals surface area contributed by atoms with Crippen molar-refractivity contribution in [3.63, 3.8) is 0 Å². The molecule has 0 aliphatic rings. The van der Waals surface area contributed by atoms with Crippen molar-refractivity contribution in [3.8, 4) is 0 Å². The van der Waals surface area contributed by atoms with Gasteiger partial charge in [-0.2, -0.15) is 0 Å². The van der Waals surface area contributed by atoms with Crippen molar-refractivity contribution < 1.29 is 4.74 Å². The summed E-state index contributed by atoms with van der Waals surface area (Å²) in [5.74, 6) is 0.736. The Morgan fingerprint density at radius 2 is 2.06 bits per heavy atom. The predicted octanol–water partition coefficient (Wildman–Crippen LogP) is 3.52. The number of ether oxygens (including phenoxy) is 1. The van der Waals surface area contributed by atoms with Gasteiger partial charge in [-0.15, -0.1) is 11.3 Å². The average molecular weight is 255 g/mol. The zero-order valence-corrected chi connectivity index (χ0v) is 12.3. The van der Waals surface area contributed by atoms with E-state index in [0.717, 1.165) is 38.6 Å². The largest absolute Gasteiger partial charge is 0.380 e. The Kier molecular flexibility index (Phi) is 6.78. The van der Waals surface area contributed by atoms with Gasteiger partial charge in [-0.25, -0.2) is 0 Å². The van der Waals surface area contributed by atoms with Gasteiger partial charge in [0.05, 0.1) is 6.61 Å². The molecule has 0 aliphatic carbocycles. The van der Waals surface area contributed by atoms with Crippen molar-refractivity contribution in [2.45, 2.75) is 40.7 Å². The normalized spacial score (nSPS) is 11.4. The van der Waals surface area contributed by atoms with Crippen LogP contribution in [0.5, 0.6) is 0 Å². The Bertz CT molecular complexity index is 301. The van der Waals surface area contributed by atoms with Gasteiger partial charge >= 0.3 is 0 Å². The highest BCUT2D eigenvalue weighted by Gasteiger charge is 2.00. The van der Waals surface area contributed by atoms with E-state index in [0.29, 0.717) is 0 Å². The number of nitrogens with one attached hydrogen (secondary N) is 1. The summed E-state index contributed by atoms with van der Waals surface area (Å²) in [4.78, 5) is 2.84. The molecule has 0 bridgehead atoms. The Morgan fingerprint density at radius 3 is 2.65 bits per heavy atom. The van der Waals surface area contributed by atoms with Crippen LogP contribution in [0.1, 0.15) is 35.6 Å². The first-order chi connectivity index (χ1) is 8.09. The van der Waals surface area contributed by atoms with Crippen molar-refractivity contribution in [1.82, 2.24) is 5.32 Å². The third-order valence-electron chi connectivity index (χ3n) is 2.78. The van der Waals surface area contributed by atoms with Gasteiger partial charge in [-0.1, -0.05) is 13.8 Å². The molecule has 1 heterocycles. The first kappa shape index (κ1) is 14.7. The summed E-state index contributed by atoms with van der Waals surface area (Å²) in [5, 5.41) is 3.42. The molecular weight excluding hydrogens is 230 g/mol. The number of rotatable bonds is 8. The molecule has 0 aromatic carbocycles. The Hall–Kier alpha value is -0.380. The summed E-state index contributed by atoms with van der Waals surface area (Å²) in [7, 11) is 0. The predicted molar refractivity (Wildman–Crippen MR) is 75.8 cm³/mol. The Morgan fingerprint density at radius 1 is 1.29 bits per heavy atom. The first-order valence-corrected chi connectivity index (χ1v) is 7.25. The van der Waals surface area contributed by atoms with E-state index >= 15 is 0 Å². The maximum atomic E-state index is 5.55. The fraction of sp³-hybridized carbons (Fsp3) is 0.714. The zero-order valence-electron chi connectivity index (χ0n) is 11.5. The molecule has 0 radical (unpaired) electrons. The molecule has 0 amide bonds. The molecule has 0 aliphatic heterocycles. The second kappa shape index (κ2) is 7.85. The van der Waals surface area contributed by atoms with E-state index in [4.69, 9.17) is 4.74 Å².